The van der Waals surface area contributed by atoms with Crippen LogP contribution in [0.15, 0.2) is 48.5 Å². The standard InChI is InChI=1S/C7H8O.C6H6O2/c1-6-4-2-3-5-7(6)8;7-5-2-1-3-6(8)4-5/h2-5,8H,1H3;1-4,7-8H. The average molecular weight is 218 g/mol. The lowest BCUT2D eigenvalue weighted by molar-refractivity contribution is 0.450. The van der Waals surface area contributed by atoms with Gasteiger partial charge in [0, 0.05) is 6.07 Å². The third kappa shape index (κ3) is 3.92. The first-order chi connectivity index (χ1) is 7.59. The predicted octanol–water partition coefficient (Wildman–Crippen LogP) is 2.80. The Morgan fingerprint density at radius 3 is 1.62 bits per heavy atom. The summed E-state index contributed by atoms with van der Waals surface area (Å²) in [4.78, 5) is 0. The van der Waals surface area contributed by atoms with E-state index in [-0.39, 0.29) is 11.5 Å². The van der Waals surface area contributed by atoms with Gasteiger partial charge in [-0.05, 0) is 30.7 Å². The third-order valence-electron chi connectivity index (χ3n) is 1.95. The summed E-state index contributed by atoms with van der Waals surface area (Å²) in [5.41, 5.74) is 0.924. The zero-order valence-corrected chi connectivity index (χ0v) is 8.96. The first-order valence-electron chi connectivity index (χ1n) is 4.82. The van der Waals surface area contributed by atoms with Crippen LogP contribution in [0.4, 0.5) is 0 Å². The van der Waals surface area contributed by atoms with E-state index >= 15 is 0 Å². The Labute approximate surface area is 94.2 Å². The summed E-state index contributed by atoms with van der Waals surface area (Å²) in [6.45, 7) is 1.87. The molecule has 2 rings (SSSR count). The van der Waals surface area contributed by atoms with Gasteiger partial charge in [0.25, 0.3) is 0 Å². The van der Waals surface area contributed by atoms with Crippen LogP contribution in [-0.2, 0) is 0 Å². The molecule has 0 fully saturated rings. The molecule has 0 heterocycles. The van der Waals surface area contributed by atoms with Crippen molar-refractivity contribution in [3.8, 4) is 17.2 Å². The van der Waals surface area contributed by atoms with Crippen LogP contribution in [0.3, 0.4) is 0 Å². The molecule has 0 saturated carbocycles. The number of benzene rings is 2. The van der Waals surface area contributed by atoms with E-state index in [1.165, 1.54) is 18.2 Å². The molecule has 0 atom stereocenters. The molecule has 0 unspecified atom stereocenters. The molecule has 84 valence electrons. The number of phenols is 3. The Bertz CT molecular complexity index is 414. The Hall–Kier alpha value is -2.16. The minimum Gasteiger partial charge on any atom is -0.508 e. The van der Waals surface area contributed by atoms with Gasteiger partial charge < -0.3 is 15.3 Å². The number of hydrogen-bond donors (Lipinski definition) is 3. The fourth-order valence-electron chi connectivity index (χ4n) is 1.06. The molecule has 0 aliphatic heterocycles. The highest BCUT2D eigenvalue weighted by molar-refractivity contribution is 5.30. The van der Waals surface area contributed by atoms with Gasteiger partial charge in [0.1, 0.15) is 17.2 Å². The molecule has 2 aromatic carbocycles. The molecule has 0 aliphatic rings. The van der Waals surface area contributed by atoms with Crippen LogP contribution >= 0.6 is 0 Å². The molecule has 16 heavy (non-hydrogen) atoms. The minimum atomic E-state index is 0.0880. The van der Waals surface area contributed by atoms with E-state index < -0.39 is 0 Å². The molecule has 0 aliphatic carbocycles. The maximum atomic E-state index is 8.92. The number of phenolic OH excluding ortho intramolecular Hbond substituents is 3. The van der Waals surface area contributed by atoms with Crippen molar-refractivity contribution in [3.05, 3.63) is 54.1 Å². The monoisotopic (exact) mass is 218 g/mol. The van der Waals surface area contributed by atoms with Gasteiger partial charge >= 0.3 is 0 Å². The van der Waals surface area contributed by atoms with Crippen LogP contribution in [0.2, 0.25) is 0 Å². The number of hydrogen-bond acceptors (Lipinski definition) is 3. The van der Waals surface area contributed by atoms with E-state index in [4.69, 9.17) is 15.3 Å². The fraction of sp³-hybridized carbons (Fsp3) is 0.0769. The Kier molecular flexibility index (Phi) is 4.21. The molecular weight excluding hydrogens is 204 g/mol. The van der Waals surface area contributed by atoms with Crippen LogP contribution in [0.1, 0.15) is 5.56 Å². The van der Waals surface area contributed by atoms with Gasteiger partial charge in [-0.3, -0.25) is 0 Å². The van der Waals surface area contributed by atoms with Crippen LogP contribution in [0.5, 0.6) is 17.2 Å². The summed E-state index contributed by atoms with van der Waals surface area (Å²) < 4.78 is 0. The predicted molar refractivity (Wildman–Crippen MR) is 62.6 cm³/mol. The molecule has 0 aromatic heterocycles. The number of rotatable bonds is 0. The first-order valence-corrected chi connectivity index (χ1v) is 4.82. The highest BCUT2D eigenvalue weighted by Crippen LogP contribution is 2.14. The lowest BCUT2D eigenvalue weighted by Crippen LogP contribution is -1.68. The van der Waals surface area contributed by atoms with Crippen molar-refractivity contribution in [3.63, 3.8) is 0 Å². The molecule has 0 saturated heterocycles. The van der Waals surface area contributed by atoms with Gasteiger partial charge in [0.15, 0.2) is 0 Å². The van der Waals surface area contributed by atoms with Crippen LogP contribution in [-0.4, -0.2) is 15.3 Å². The second kappa shape index (κ2) is 5.66. The summed E-state index contributed by atoms with van der Waals surface area (Å²) in [6.07, 6.45) is 0. The van der Waals surface area contributed by atoms with E-state index in [0.29, 0.717) is 5.75 Å². The Balaban J connectivity index is 0.000000160. The molecule has 0 radical (unpaired) electrons. The van der Waals surface area contributed by atoms with Gasteiger partial charge in [-0.25, -0.2) is 0 Å². The fourth-order valence-corrected chi connectivity index (χ4v) is 1.06. The molecule has 3 nitrogen and oxygen atoms in total. The van der Waals surface area contributed by atoms with Crippen LogP contribution in [0.25, 0.3) is 0 Å². The van der Waals surface area contributed by atoms with Gasteiger partial charge in [-0.2, -0.15) is 0 Å². The van der Waals surface area contributed by atoms with Crippen molar-refractivity contribution in [1.29, 1.82) is 0 Å². The molecular formula is C13H14O3. The van der Waals surface area contributed by atoms with Gasteiger partial charge in [-0.1, -0.05) is 24.3 Å². The molecule has 3 N–H and O–H groups in total. The Morgan fingerprint density at radius 1 is 0.750 bits per heavy atom. The zero-order chi connectivity index (χ0) is 12.0. The Morgan fingerprint density at radius 2 is 1.31 bits per heavy atom. The molecule has 2 aromatic rings. The molecule has 0 amide bonds. The SMILES string of the molecule is Cc1ccccc1O.Oc1cccc(O)c1. The van der Waals surface area contributed by atoms with Gasteiger partial charge in [0.2, 0.25) is 0 Å². The van der Waals surface area contributed by atoms with E-state index in [2.05, 4.69) is 0 Å². The van der Waals surface area contributed by atoms with Gasteiger partial charge in [-0.15, -0.1) is 0 Å². The van der Waals surface area contributed by atoms with E-state index in [1.54, 1.807) is 12.1 Å². The topological polar surface area (TPSA) is 60.7 Å². The second-order valence-corrected chi connectivity index (χ2v) is 3.31. The second-order valence-electron chi connectivity index (χ2n) is 3.31. The maximum absolute atomic E-state index is 8.92. The van der Waals surface area contributed by atoms with Crippen LogP contribution in [0, 0.1) is 6.92 Å². The summed E-state index contributed by atoms with van der Waals surface area (Å²) in [5.74, 6) is 0.544. The molecule has 3 heteroatoms. The van der Waals surface area contributed by atoms with Crippen molar-refractivity contribution in [1.82, 2.24) is 0 Å². The summed E-state index contributed by atoms with van der Waals surface area (Å²) in [6, 6.07) is 13.1. The third-order valence-corrected chi connectivity index (χ3v) is 1.95. The van der Waals surface area contributed by atoms with Crippen molar-refractivity contribution < 1.29 is 15.3 Å². The lowest BCUT2D eigenvalue weighted by Gasteiger charge is -1.92. The zero-order valence-electron chi connectivity index (χ0n) is 8.96. The largest absolute Gasteiger partial charge is 0.508 e. The van der Waals surface area contributed by atoms with Crippen LogP contribution < -0.4 is 0 Å². The number of aryl methyl sites for hydroxylation is 1. The van der Waals surface area contributed by atoms with Crippen molar-refractivity contribution >= 4 is 0 Å². The van der Waals surface area contributed by atoms with E-state index in [9.17, 15) is 0 Å². The van der Waals surface area contributed by atoms with Crippen molar-refractivity contribution in [2.45, 2.75) is 6.92 Å². The van der Waals surface area contributed by atoms with E-state index in [1.807, 2.05) is 25.1 Å². The smallest absolute Gasteiger partial charge is 0.119 e. The van der Waals surface area contributed by atoms with Crippen molar-refractivity contribution in [2.24, 2.45) is 0 Å². The van der Waals surface area contributed by atoms with Crippen molar-refractivity contribution in [2.75, 3.05) is 0 Å². The van der Waals surface area contributed by atoms with E-state index in [0.717, 1.165) is 5.56 Å². The highest BCUT2D eigenvalue weighted by atomic mass is 16.3. The summed E-state index contributed by atoms with van der Waals surface area (Å²) in [7, 11) is 0. The normalized spacial score (nSPS) is 9.06. The van der Waals surface area contributed by atoms with Gasteiger partial charge in [0.05, 0.1) is 0 Å². The summed E-state index contributed by atoms with van der Waals surface area (Å²) >= 11 is 0. The number of aromatic hydroxyl groups is 3. The highest BCUT2D eigenvalue weighted by Gasteiger charge is 1.87. The maximum Gasteiger partial charge on any atom is 0.119 e. The lowest BCUT2D eigenvalue weighted by atomic mass is 10.2. The number of para-hydroxylation sites is 1. The molecule has 0 bridgehead atoms. The average Bonchev–Trinajstić information content (AvgIpc) is 2.23. The minimum absolute atomic E-state index is 0.0880. The molecule has 0 spiro atoms. The quantitative estimate of drug-likeness (QED) is 0.637. The summed E-state index contributed by atoms with van der Waals surface area (Å²) in [5, 5.41) is 26.2. The first kappa shape index (κ1) is 11.9.